The maximum absolute atomic E-state index is 12.5. The van der Waals surface area contributed by atoms with Gasteiger partial charge in [0.05, 0.1) is 6.04 Å². The number of carbonyl (C=O) groups excluding carboxylic acids is 1. The Bertz CT molecular complexity index is 711. The van der Waals surface area contributed by atoms with Crippen LogP contribution in [0.15, 0.2) is 18.2 Å². The van der Waals surface area contributed by atoms with Crippen molar-refractivity contribution in [2.75, 3.05) is 6.54 Å². The Morgan fingerprint density at radius 3 is 2.81 bits per heavy atom. The second-order valence-corrected chi connectivity index (χ2v) is 6.02. The van der Waals surface area contributed by atoms with Crippen LogP contribution in [-0.4, -0.2) is 27.5 Å². The summed E-state index contributed by atoms with van der Waals surface area (Å²) in [4.78, 5) is 14.4. The first kappa shape index (κ1) is 14.4. The first-order valence-corrected chi connectivity index (χ1v) is 7.61. The third kappa shape index (κ3) is 2.23. The lowest BCUT2D eigenvalue weighted by atomic mass is 9.99. The van der Waals surface area contributed by atoms with Crippen LogP contribution in [0.3, 0.4) is 0 Å². The van der Waals surface area contributed by atoms with E-state index in [4.69, 9.17) is 23.2 Å². The Kier molecular flexibility index (Phi) is 3.68. The Labute approximate surface area is 133 Å². The molecule has 4 nitrogen and oxygen atoms in total. The molecule has 0 spiro atoms. The average molecular weight is 324 g/mol. The molecule has 21 heavy (non-hydrogen) atoms. The fourth-order valence-corrected chi connectivity index (χ4v) is 3.37. The van der Waals surface area contributed by atoms with Crippen molar-refractivity contribution in [3.05, 3.63) is 50.8 Å². The fraction of sp³-hybridized carbons (Fsp3) is 0.333. The van der Waals surface area contributed by atoms with Gasteiger partial charge in [0.25, 0.3) is 5.91 Å². The van der Waals surface area contributed by atoms with Crippen molar-refractivity contribution in [2.24, 2.45) is 0 Å². The number of aryl methyl sites for hydroxylation is 1. The maximum atomic E-state index is 12.5. The van der Waals surface area contributed by atoms with Crippen LogP contribution < -0.4 is 0 Å². The Hall–Kier alpha value is -1.52. The highest BCUT2D eigenvalue weighted by Crippen LogP contribution is 2.42. The molecule has 2 aromatic rings. The minimum Gasteiger partial charge on any atom is -0.326 e. The molecule has 1 aromatic carbocycles. The van der Waals surface area contributed by atoms with E-state index in [9.17, 15) is 4.79 Å². The van der Waals surface area contributed by atoms with Gasteiger partial charge >= 0.3 is 0 Å². The largest absolute Gasteiger partial charge is 0.326 e. The summed E-state index contributed by atoms with van der Waals surface area (Å²) in [6.07, 6.45) is 0.875. The van der Waals surface area contributed by atoms with E-state index in [1.165, 1.54) is 0 Å². The molecule has 1 N–H and O–H groups in total. The third-order valence-corrected chi connectivity index (χ3v) is 4.33. The number of benzene rings is 1. The van der Waals surface area contributed by atoms with Gasteiger partial charge in [0, 0.05) is 27.8 Å². The Morgan fingerprint density at radius 2 is 2.14 bits per heavy atom. The van der Waals surface area contributed by atoms with E-state index in [-0.39, 0.29) is 11.9 Å². The molecule has 0 unspecified atom stereocenters. The molecule has 0 radical (unpaired) electrons. The van der Waals surface area contributed by atoms with E-state index < -0.39 is 0 Å². The molecular weight excluding hydrogens is 309 g/mol. The van der Waals surface area contributed by atoms with Crippen LogP contribution in [0.2, 0.25) is 10.0 Å². The highest BCUT2D eigenvalue weighted by Gasteiger charge is 2.41. The van der Waals surface area contributed by atoms with Crippen LogP contribution in [0, 0.1) is 6.92 Å². The minimum absolute atomic E-state index is 0.0489. The number of fused-ring (bicyclic) bond motifs is 1. The van der Waals surface area contributed by atoms with Crippen molar-refractivity contribution in [3.63, 3.8) is 0 Å². The van der Waals surface area contributed by atoms with E-state index in [0.717, 1.165) is 23.2 Å². The van der Waals surface area contributed by atoms with Gasteiger partial charge < -0.3 is 4.90 Å². The van der Waals surface area contributed by atoms with Gasteiger partial charge in [0.1, 0.15) is 0 Å². The van der Waals surface area contributed by atoms with Gasteiger partial charge in [-0.15, -0.1) is 0 Å². The Morgan fingerprint density at radius 1 is 1.38 bits per heavy atom. The van der Waals surface area contributed by atoms with Crippen LogP contribution in [0.5, 0.6) is 0 Å². The van der Waals surface area contributed by atoms with Gasteiger partial charge in [-0.1, -0.05) is 36.2 Å². The zero-order valence-electron chi connectivity index (χ0n) is 11.8. The molecule has 1 aromatic heterocycles. The number of amides is 1. The molecule has 2 heterocycles. The second-order valence-electron chi connectivity index (χ2n) is 5.18. The van der Waals surface area contributed by atoms with E-state index in [2.05, 4.69) is 10.2 Å². The predicted octanol–water partition coefficient (Wildman–Crippen LogP) is 3.98. The zero-order chi connectivity index (χ0) is 15.1. The molecule has 0 saturated carbocycles. The Balaban J connectivity index is 2.17. The summed E-state index contributed by atoms with van der Waals surface area (Å²) < 4.78 is 0. The van der Waals surface area contributed by atoms with Crippen LogP contribution >= 0.6 is 23.2 Å². The van der Waals surface area contributed by atoms with E-state index >= 15 is 0 Å². The van der Waals surface area contributed by atoms with Crippen molar-refractivity contribution in [2.45, 2.75) is 26.3 Å². The molecule has 6 heteroatoms. The summed E-state index contributed by atoms with van der Waals surface area (Å²) in [5, 5.41) is 8.19. The predicted molar refractivity (Wildman–Crippen MR) is 83.0 cm³/mol. The minimum atomic E-state index is -0.198. The third-order valence-electron chi connectivity index (χ3n) is 3.76. The normalized spacial score (nSPS) is 17.4. The lowest BCUT2D eigenvalue weighted by Crippen LogP contribution is -2.30. The lowest BCUT2D eigenvalue weighted by Gasteiger charge is -2.26. The average Bonchev–Trinajstić information content (AvgIpc) is 2.93. The van der Waals surface area contributed by atoms with Crippen molar-refractivity contribution >= 4 is 29.1 Å². The zero-order valence-corrected chi connectivity index (χ0v) is 13.3. The van der Waals surface area contributed by atoms with Crippen molar-refractivity contribution in [3.8, 4) is 0 Å². The number of H-pyrrole nitrogens is 1. The van der Waals surface area contributed by atoms with Crippen LogP contribution in [0.25, 0.3) is 0 Å². The van der Waals surface area contributed by atoms with Gasteiger partial charge in [-0.2, -0.15) is 5.10 Å². The molecule has 0 aliphatic carbocycles. The topological polar surface area (TPSA) is 49.0 Å². The van der Waals surface area contributed by atoms with E-state index in [1.54, 1.807) is 12.1 Å². The summed E-state index contributed by atoms with van der Waals surface area (Å²) >= 11 is 12.3. The quantitative estimate of drug-likeness (QED) is 0.928. The number of aromatic nitrogens is 2. The molecule has 0 saturated heterocycles. The van der Waals surface area contributed by atoms with Gasteiger partial charge in [-0.05, 0) is 31.0 Å². The second kappa shape index (κ2) is 5.35. The number of halogens is 2. The highest BCUT2D eigenvalue weighted by atomic mass is 35.5. The number of nitrogens with one attached hydrogen (secondary N) is 1. The number of aromatic amines is 1. The van der Waals surface area contributed by atoms with Crippen molar-refractivity contribution in [1.82, 2.24) is 15.1 Å². The number of nitrogens with zero attached hydrogens (tertiary/aromatic N) is 2. The summed E-state index contributed by atoms with van der Waals surface area (Å²) in [5.74, 6) is -0.0489. The van der Waals surface area contributed by atoms with Gasteiger partial charge in [0.2, 0.25) is 0 Å². The smallest absolute Gasteiger partial charge is 0.275 e. The van der Waals surface area contributed by atoms with Crippen LogP contribution in [0.1, 0.15) is 46.7 Å². The first-order chi connectivity index (χ1) is 10.0. The molecule has 0 fully saturated rings. The van der Waals surface area contributed by atoms with E-state index in [0.29, 0.717) is 22.3 Å². The molecule has 110 valence electrons. The van der Waals surface area contributed by atoms with Crippen LogP contribution in [0.4, 0.5) is 0 Å². The standard InChI is InChI=1S/C15H15Cl2N3O/c1-3-6-20-14(10-5-4-9(16)7-11(10)17)12-8(2)18-19-13(12)15(20)21/h4-5,7,14H,3,6H2,1-2H3,(H,18,19)/t14-/m1/s1. The summed E-state index contributed by atoms with van der Waals surface area (Å²) in [6.45, 7) is 4.63. The molecular formula is C15H15Cl2N3O. The summed E-state index contributed by atoms with van der Waals surface area (Å²) in [7, 11) is 0. The molecule has 0 bridgehead atoms. The van der Waals surface area contributed by atoms with Gasteiger partial charge in [-0.3, -0.25) is 9.89 Å². The fourth-order valence-electron chi connectivity index (χ4n) is 2.86. The van der Waals surface area contributed by atoms with Gasteiger partial charge in [0.15, 0.2) is 5.69 Å². The number of hydrogen-bond acceptors (Lipinski definition) is 2. The molecule has 1 atom stereocenters. The molecule has 1 aliphatic heterocycles. The monoisotopic (exact) mass is 323 g/mol. The van der Waals surface area contributed by atoms with Crippen LogP contribution in [-0.2, 0) is 0 Å². The molecule has 1 amide bonds. The first-order valence-electron chi connectivity index (χ1n) is 6.85. The molecule has 3 rings (SSSR count). The number of carbonyl (C=O) groups is 1. The maximum Gasteiger partial charge on any atom is 0.275 e. The lowest BCUT2D eigenvalue weighted by molar-refractivity contribution is 0.0743. The number of rotatable bonds is 3. The SMILES string of the molecule is CCCN1C(=O)c2n[nH]c(C)c2[C@H]1c1ccc(Cl)cc1Cl. The summed E-state index contributed by atoms with van der Waals surface area (Å²) in [5.41, 5.74) is 3.19. The van der Waals surface area contributed by atoms with E-state index in [1.807, 2.05) is 24.8 Å². The van der Waals surface area contributed by atoms with Crippen molar-refractivity contribution in [1.29, 1.82) is 0 Å². The summed E-state index contributed by atoms with van der Waals surface area (Å²) in [6, 6.07) is 5.19. The van der Waals surface area contributed by atoms with Crippen molar-refractivity contribution < 1.29 is 4.79 Å². The van der Waals surface area contributed by atoms with Gasteiger partial charge in [-0.25, -0.2) is 0 Å². The number of hydrogen-bond donors (Lipinski definition) is 1. The molecule has 1 aliphatic rings. The highest BCUT2D eigenvalue weighted by molar-refractivity contribution is 6.35.